The van der Waals surface area contributed by atoms with Crippen molar-refractivity contribution in [3.05, 3.63) is 64.1 Å². The Labute approximate surface area is 150 Å². The van der Waals surface area contributed by atoms with Gasteiger partial charge in [-0.2, -0.15) is 0 Å². The number of benzene rings is 2. The number of carbonyl (C=O) groups is 2. The summed E-state index contributed by atoms with van der Waals surface area (Å²) in [6.07, 6.45) is 0.874. The van der Waals surface area contributed by atoms with Crippen molar-refractivity contribution in [1.29, 1.82) is 0 Å². The number of amides is 1. The van der Waals surface area contributed by atoms with E-state index < -0.39 is 0 Å². The van der Waals surface area contributed by atoms with Gasteiger partial charge in [-0.1, -0.05) is 47.1 Å². The van der Waals surface area contributed by atoms with Crippen LogP contribution in [0.15, 0.2) is 53.0 Å². The predicted octanol–water partition coefficient (Wildman–Crippen LogP) is 4.33. The van der Waals surface area contributed by atoms with Gasteiger partial charge < -0.3 is 10.6 Å². The second-order valence-electron chi connectivity index (χ2n) is 5.54. The van der Waals surface area contributed by atoms with Crippen LogP contribution in [0, 0.1) is 0 Å². The molecule has 2 N–H and O–H groups in total. The summed E-state index contributed by atoms with van der Waals surface area (Å²) in [4.78, 5) is 23.8. The molecular formula is C19H21BrN2O2. The van der Waals surface area contributed by atoms with E-state index in [0.29, 0.717) is 11.3 Å². The maximum atomic E-state index is 12.2. The van der Waals surface area contributed by atoms with Gasteiger partial charge in [0.1, 0.15) is 0 Å². The summed E-state index contributed by atoms with van der Waals surface area (Å²) >= 11 is 3.42. The number of nitrogens with one attached hydrogen (secondary N) is 2. The summed E-state index contributed by atoms with van der Waals surface area (Å²) in [5.74, 6) is -0.237. The van der Waals surface area contributed by atoms with Crippen LogP contribution < -0.4 is 10.6 Å². The number of Topliss-reactive ketones (excluding diaryl/α,β-unsaturated/α-hetero) is 1. The highest BCUT2D eigenvalue weighted by molar-refractivity contribution is 9.10. The number of anilines is 1. The van der Waals surface area contributed by atoms with Crippen LogP contribution in [0.4, 0.5) is 5.69 Å². The third kappa shape index (κ3) is 5.01. The molecule has 0 aliphatic rings. The fourth-order valence-corrected chi connectivity index (χ4v) is 2.77. The first kappa shape index (κ1) is 18.4. The van der Waals surface area contributed by atoms with Gasteiger partial charge in [0.25, 0.3) is 0 Å². The zero-order valence-electron chi connectivity index (χ0n) is 13.8. The van der Waals surface area contributed by atoms with E-state index in [-0.39, 0.29) is 24.3 Å². The second kappa shape index (κ2) is 8.76. The van der Waals surface area contributed by atoms with Crippen molar-refractivity contribution in [2.45, 2.75) is 26.3 Å². The monoisotopic (exact) mass is 388 g/mol. The summed E-state index contributed by atoms with van der Waals surface area (Å²) in [6, 6.07) is 15.2. The van der Waals surface area contributed by atoms with Gasteiger partial charge in [0.05, 0.1) is 12.2 Å². The second-order valence-corrected chi connectivity index (χ2v) is 6.46. The predicted molar refractivity (Wildman–Crippen MR) is 100 cm³/mol. The molecule has 0 heterocycles. The molecule has 0 unspecified atom stereocenters. The number of hydrogen-bond donors (Lipinski definition) is 2. The van der Waals surface area contributed by atoms with Gasteiger partial charge >= 0.3 is 0 Å². The van der Waals surface area contributed by atoms with E-state index in [1.807, 2.05) is 24.3 Å². The lowest BCUT2D eigenvalue weighted by atomic mass is 10.0. The number of para-hydroxylation sites is 1. The van der Waals surface area contributed by atoms with Crippen molar-refractivity contribution in [3.8, 4) is 0 Å². The summed E-state index contributed by atoms with van der Waals surface area (Å²) in [7, 11) is 0. The summed E-state index contributed by atoms with van der Waals surface area (Å²) in [5.41, 5.74) is 2.21. The lowest BCUT2D eigenvalue weighted by molar-refractivity contribution is -0.115. The molecule has 0 bridgehead atoms. The van der Waals surface area contributed by atoms with E-state index in [1.165, 1.54) is 6.92 Å². The van der Waals surface area contributed by atoms with Gasteiger partial charge in [-0.15, -0.1) is 0 Å². The Balaban J connectivity index is 1.97. The minimum Gasteiger partial charge on any atom is -0.324 e. The third-order valence-corrected chi connectivity index (χ3v) is 4.30. The van der Waals surface area contributed by atoms with Crippen LogP contribution in [0.2, 0.25) is 0 Å². The first-order valence-corrected chi connectivity index (χ1v) is 8.69. The number of carbonyl (C=O) groups excluding carboxylic acids is 2. The minimum atomic E-state index is -0.167. The lowest BCUT2D eigenvalue weighted by Crippen LogP contribution is -2.31. The Bertz CT molecular complexity index is 714. The average molecular weight is 389 g/mol. The van der Waals surface area contributed by atoms with Gasteiger partial charge in [-0.3, -0.25) is 9.59 Å². The first-order valence-electron chi connectivity index (χ1n) is 7.90. The van der Waals surface area contributed by atoms with Gasteiger partial charge in [-0.25, -0.2) is 0 Å². The number of ketones is 1. The molecule has 5 heteroatoms. The zero-order valence-corrected chi connectivity index (χ0v) is 15.4. The Morgan fingerprint density at radius 2 is 1.75 bits per heavy atom. The highest BCUT2D eigenvalue weighted by Crippen LogP contribution is 2.19. The van der Waals surface area contributed by atoms with Crippen molar-refractivity contribution in [2.24, 2.45) is 0 Å². The lowest BCUT2D eigenvalue weighted by Gasteiger charge is -2.17. The number of halogens is 1. The van der Waals surface area contributed by atoms with Crippen LogP contribution in [-0.4, -0.2) is 18.2 Å². The van der Waals surface area contributed by atoms with Crippen molar-refractivity contribution in [3.63, 3.8) is 0 Å². The van der Waals surface area contributed by atoms with Crippen LogP contribution in [0.5, 0.6) is 0 Å². The van der Waals surface area contributed by atoms with Crippen molar-refractivity contribution >= 4 is 33.3 Å². The third-order valence-electron chi connectivity index (χ3n) is 3.77. The highest BCUT2D eigenvalue weighted by Gasteiger charge is 2.13. The fraction of sp³-hybridized carbons (Fsp3) is 0.263. The molecule has 126 valence electrons. The molecule has 0 aliphatic carbocycles. The fourth-order valence-electron chi connectivity index (χ4n) is 2.50. The number of hydrogen-bond acceptors (Lipinski definition) is 3. The molecule has 1 amide bonds. The first-order chi connectivity index (χ1) is 11.5. The molecule has 1 atom stereocenters. The standard InChI is InChI=1S/C19H21BrN2O2/c1-3-17(14-8-10-15(20)11-9-14)21-12-19(24)22-18-7-5-4-6-16(18)13(2)23/h4-11,17,21H,3,12H2,1-2H3,(H,22,24)/t17-/m1/s1. The van der Waals surface area contributed by atoms with Crippen LogP contribution in [0.25, 0.3) is 0 Å². The quantitative estimate of drug-likeness (QED) is 0.693. The molecule has 0 radical (unpaired) electrons. The molecule has 0 saturated heterocycles. The SMILES string of the molecule is CC[C@@H](NCC(=O)Nc1ccccc1C(C)=O)c1ccc(Br)cc1. The summed E-state index contributed by atoms with van der Waals surface area (Å²) in [5, 5.41) is 6.06. The van der Waals surface area contributed by atoms with E-state index in [0.717, 1.165) is 16.5 Å². The molecule has 2 aromatic carbocycles. The van der Waals surface area contributed by atoms with Gasteiger partial charge in [0, 0.05) is 16.1 Å². The maximum Gasteiger partial charge on any atom is 0.238 e. The largest absolute Gasteiger partial charge is 0.324 e. The van der Waals surface area contributed by atoms with E-state index in [1.54, 1.807) is 24.3 Å². The molecule has 0 fully saturated rings. The molecule has 0 aromatic heterocycles. The molecule has 24 heavy (non-hydrogen) atoms. The van der Waals surface area contributed by atoms with Gasteiger partial charge in [0.15, 0.2) is 5.78 Å². The van der Waals surface area contributed by atoms with Crippen molar-refractivity contribution in [2.75, 3.05) is 11.9 Å². The molecule has 2 aromatic rings. The molecule has 0 aliphatic heterocycles. The van der Waals surface area contributed by atoms with E-state index in [4.69, 9.17) is 0 Å². The van der Waals surface area contributed by atoms with Crippen LogP contribution in [-0.2, 0) is 4.79 Å². The Hall–Kier alpha value is -1.98. The molecule has 2 rings (SSSR count). The topological polar surface area (TPSA) is 58.2 Å². The average Bonchev–Trinajstić information content (AvgIpc) is 2.57. The van der Waals surface area contributed by atoms with E-state index in [2.05, 4.69) is 33.5 Å². The molecule has 4 nitrogen and oxygen atoms in total. The molecule has 0 saturated carbocycles. The van der Waals surface area contributed by atoms with Crippen LogP contribution >= 0.6 is 15.9 Å². The van der Waals surface area contributed by atoms with E-state index in [9.17, 15) is 9.59 Å². The van der Waals surface area contributed by atoms with Gasteiger partial charge in [0.2, 0.25) is 5.91 Å². The smallest absolute Gasteiger partial charge is 0.238 e. The normalized spacial score (nSPS) is 11.8. The van der Waals surface area contributed by atoms with Gasteiger partial charge in [-0.05, 0) is 43.2 Å². The Morgan fingerprint density at radius 1 is 1.08 bits per heavy atom. The van der Waals surface area contributed by atoms with E-state index >= 15 is 0 Å². The highest BCUT2D eigenvalue weighted by atomic mass is 79.9. The van der Waals surface area contributed by atoms with Crippen LogP contribution in [0.3, 0.4) is 0 Å². The zero-order chi connectivity index (χ0) is 17.5. The van der Waals surface area contributed by atoms with Crippen molar-refractivity contribution in [1.82, 2.24) is 5.32 Å². The number of rotatable bonds is 7. The summed E-state index contributed by atoms with van der Waals surface area (Å²) in [6.45, 7) is 3.74. The molecule has 0 spiro atoms. The van der Waals surface area contributed by atoms with Crippen molar-refractivity contribution < 1.29 is 9.59 Å². The summed E-state index contributed by atoms with van der Waals surface area (Å²) < 4.78 is 1.03. The van der Waals surface area contributed by atoms with Crippen LogP contribution in [0.1, 0.15) is 42.2 Å². The maximum absolute atomic E-state index is 12.2. The Morgan fingerprint density at radius 3 is 2.38 bits per heavy atom. The minimum absolute atomic E-state index is 0.0693. The molecular weight excluding hydrogens is 368 g/mol. The Kier molecular flexibility index (Phi) is 6.70.